The Kier molecular flexibility index (Phi) is 5.50. The lowest BCUT2D eigenvalue weighted by Gasteiger charge is -2.20. The van der Waals surface area contributed by atoms with Crippen molar-refractivity contribution in [2.45, 2.75) is 38.8 Å². The Morgan fingerprint density at radius 2 is 2.16 bits per heavy atom. The molecule has 0 aliphatic carbocycles. The predicted molar refractivity (Wildman–Crippen MR) is 73.0 cm³/mol. The molecule has 0 aromatic carbocycles. The molecule has 1 aromatic rings. The molecular weight excluding hydrogens is 268 g/mol. The number of alkyl carbamates (subject to hydrolysis) is 1. The van der Waals surface area contributed by atoms with E-state index in [9.17, 15) is 4.79 Å². The van der Waals surface area contributed by atoms with Gasteiger partial charge in [0.25, 0.3) is 0 Å². The number of ether oxygens (including phenoxy) is 1. The van der Waals surface area contributed by atoms with Crippen LogP contribution in [0, 0.1) is 0 Å². The van der Waals surface area contributed by atoms with Gasteiger partial charge >= 0.3 is 6.09 Å². The van der Waals surface area contributed by atoms with Crippen LogP contribution in [-0.2, 0) is 11.2 Å². The molecule has 7 heteroatoms. The highest BCUT2D eigenvalue weighted by molar-refractivity contribution is 6.29. The number of carbonyl (C=O) groups is 1. The summed E-state index contributed by atoms with van der Waals surface area (Å²) in [6.45, 7) is 5.71. The summed E-state index contributed by atoms with van der Waals surface area (Å²) in [5.74, 6) is 0. The molecule has 6 nitrogen and oxygen atoms in total. The Balaban J connectivity index is 2.33. The number of nitrogens with one attached hydrogen (secondary N) is 1. The van der Waals surface area contributed by atoms with E-state index in [2.05, 4.69) is 15.3 Å². The molecular formula is C12H19ClN4O2. The summed E-state index contributed by atoms with van der Waals surface area (Å²) in [4.78, 5) is 19.4. The fourth-order valence-electron chi connectivity index (χ4n) is 1.31. The van der Waals surface area contributed by atoms with Gasteiger partial charge in [-0.25, -0.2) is 9.78 Å². The van der Waals surface area contributed by atoms with Crippen LogP contribution in [0.4, 0.5) is 4.79 Å². The first kappa shape index (κ1) is 15.7. The molecule has 1 amide bonds. The van der Waals surface area contributed by atoms with E-state index in [4.69, 9.17) is 22.1 Å². The smallest absolute Gasteiger partial charge is 0.407 e. The monoisotopic (exact) mass is 286 g/mol. The number of hydrogen-bond acceptors (Lipinski definition) is 5. The zero-order valence-electron chi connectivity index (χ0n) is 11.3. The van der Waals surface area contributed by atoms with Crippen molar-refractivity contribution >= 4 is 17.7 Å². The van der Waals surface area contributed by atoms with Crippen LogP contribution in [-0.4, -0.2) is 34.2 Å². The van der Waals surface area contributed by atoms with Gasteiger partial charge in [-0.3, -0.25) is 4.98 Å². The van der Waals surface area contributed by atoms with E-state index in [1.165, 1.54) is 6.20 Å². The Morgan fingerprint density at radius 1 is 1.47 bits per heavy atom. The van der Waals surface area contributed by atoms with Crippen LogP contribution >= 0.6 is 11.6 Å². The molecule has 1 aromatic heterocycles. The summed E-state index contributed by atoms with van der Waals surface area (Å²) in [5.41, 5.74) is 6.09. The number of hydrogen-bond donors (Lipinski definition) is 2. The van der Waals surface area contributed by atoms with Crippen LogP contribution in [0.5, 0.6) is 0 Å². The van der Waals surface area contributed by atoms with Crippen LogP contribution < -0.4 is 11.1 Å². The van der Waals surface area contributed by atoms with Crippen molar-refractivity contribution < 1.29 is 9.53 Å². The Morgan fingerprint density at radius 3 is 2.68 bits per heavy atom. The van der Waals surface area contributed by atoms with Crippen molar-refractivity contribution in [3.8, 4) is 0 Å². The van der Waals surface area contributed by atoms with E-state index in [0.29, 0.717) is 18.1 Å². The Hall–Kier alpha value is -1.40. The zero-order chi connectivity index (χ0) is 14.5. The third kappa shape index (κ3) is 6.93. The number of aromatic nitrogens is 2. The molecule has 106 valence electrons. The van der Waals surface area contributed by atoms with E-state index in [0.717, 1.165) is 5.69 Å². The van der Waals surface area contributed by atoms with E-state index >= 15 is 0 Å². The summed E-state index contributed by atoms with van der Waals surface area (Å²) < 4.78 is 5.10. The molecule has 1 atom stereocenters. The van der Waals surface area contributed by atoms with Gasteiger partial charge in [-0.2, -0.15) is 0 Å². The van der Waals surface area contributed by atoms with Crippen molar-refractivity contribution in [2.75, 3.05) is 6.54 Å². The molecule has 1 rings (SSSR count). The molecule has 19 heavy (non-hydrogen) atoms. The van der Waals surface area contributed by atoms with E-state index in [1.807, 2.05) is 0 Å². The van der Waals surface area contributed by atoms with Crippen LogP contribution in [0.15, 0.2) is 12.4 Å². The van der Waals surface area contributed by atoms with Gasteiger partial charge in [0.05, 0.1) is 18.1 Å². The van der Waals surface area contributed by atoms with Crippen molar-refractivity contribution in [1.82, 2.24) is 15.3 Å². The van der Waals surface area contributed by atoms with Gasteiger partial charge in [0, 0.05) is 19.0 Å². The first-order valence-corrected chi connectivity index (χ1v) is 6.33. The summed E-state index contributed by atoms with van der Waals surface area (Å²) in [7, 11) is 0. The highest BCUT2D eigenvalue weighted by atomic mass is 35.5. The molecule has 3 N–H and O–H groups in total. The molecule has 0 saturated heterocycles. The fraction of sp³-hybridized carbons (Fsp3) is 0.583. The van der Waals surface area contributed by atoms with Gasteiger partial charge in [0.1, 0.15) is 10.8 Å². The van der Waals surface area contributed by atoms with Gasteiger partial charge in [-0.1, -0.05) is 11.6 Å². The van der Waals surface area contributed by atoms with E-state index in [-0.39, 0.29) is 6.04 Å². The molecule has 0 spiro atoms. The van der Waals surface area contributed by atoms with Gasteiger partial charge in [0.2, 0.25) is 0 Å². The highest BCUT2D eigenvalue weighted by Gasteiger charge is 2.16. The van der Waals surface area contributed by atoms with Crippen LogP contribution in [0.3, 0.4) is 0 Å². The average Bonchev–Trinajstić information content (AvgIpc) is 2.27. The second kappa shape index (κ2) is 6.68. The summed E-state index contributed by atoms with van der Waals surface area (Å²) in [6.07, 6.45) is 3.05. The first-order chi connectivity index (χ1) is 8.76. The second-order valence-corrected chi connectivity index (χ2v) is 5.56. The third-order valence-corrected chi connectivity index (χ3v) is 2.25. The van der Waals surface area contributed by atoms with E-state index in [1.54, 1.807) is 27.0 Å². The second-order valence-electron chi connectivity index (χ2n) is 5.18. The van der Waals surface area contributed by atoms with Gasteiger partial charge in [0.15, 0.2) is 0 Å². The minimum atomic E-state index is -0.518. The number of carbonyl (C=O) groups excluding carboxylic acids is 1. The first-order valence-electron chi connectivity index (χ1n) is 5.95. The molecule has 0 aliphatic heterocycles. The van der Waals surface area contributed by atoms with Gasteiger partial charge in [-0.15, -0.1) is 0 Å². The van der Waals surface area contributed by atoms with Crippen LogP contribution in [0.1, 0.15) is 26.5 Å². The van der Waals surface area contributed by atoms with Crippen molar-refractivity contribution in [3.05, 3.63) is 23.2 Å². The fourth-order valence-corrected chi connectivity index (χ4v) is 1.41. The molecule has 0 saturated carbocycles. The third-order valence-electron chi connectivity index (χ3n) is 2.05. The maximum absolute atomic E-state index is 11.4. The molecule has 0 bridgehead atoms. The maximum Gasteiger partial charge on any atom is 0.407 e. The van der Waals surface area contributed by atoms with Crippen molar-refractivity contribution in [2.24, 2.45) is 5.73 Å². The number of rotatable bonds is 4. The topological polar surface area (TPSA) is 90.1 Å². The standard InChI is InChI=1S/C12H19ClN4O2/c1-12(2,3)19-11(18)17-5-8(14)4-9-6-16-10(13)7-15-9/h6-8H,4-5,14H2,1-3H3,(H,17,18). The van der Waals surface area contributed by atoms with Gasteiger partial charge < -0.3 is 15.8 Å². The summed E-state index contributed by atoms with van der Waals surface area (Å²) >= 11 is 5.63. The highest BCUT2D eigenvalue weighted by Crippen LogP contribution is 2.06. The minimum absolute atomic E-state index is 0.261. The van der Waals surface area contributed by atoms with Crippen molar-refractivity contribution in [1.29, 1.82) is 0 Å². The lowest BCUT2D eigenvalue weighted by atomic mass is 10.2. The SMILES string of the molecule is CC(C)(C)OC(=O)NCC(N)Cc1cnc(Cl)cn1. The summed E-state index contributed by atoms with van der Waals surface area (Å²) in [6, 6.07) is -0.261. The molecule has 1 unspecified atom stereocenters. The van der Waals surface area contributed by atoms with Crippen molar-refractivity contribution in [3.63, 3.8) is 0 Å². The minimum Gasteiger partial charge on any atom is -0.444 e. The quantitative estimate of drug-likeness (QED) is 0.876. The largest absolute Gasteiger partial charge is 0.444 e. The molecule has 0 aliphatic rings. The van der Waals surface area contributed by atoms with E-state index < -0.39 is 11.7 Å². The number of halogens is 1. The zero-order valence-corrected chi connectivity index (χ0v) is 12.1. The molecule has 1 heterocycles. The van der Waals surface area contributed by atoms with Crippen LogP contribution in [0.25, 0.3) is 0 Å². The molecule has 0 radical (unpaired) electrons. The number of amides is 1. The lowest BCUT2D eigenvalue weighted by molar-refractivity contribution is 0.0524. The van der Waals surface area contributed by atoms with Crippen LogP contribution in [0.2, 0.25) is 5.15 Å². The van der Waals surface area contributed by atoms with Gasteiger partial charge in [-0.05, 0) is 20.8 Å². The predicted octanol–water partition coefficient (Wildman–Crippen LogP) is 1.52. The Labute approximate surface area is 117 Å². The maximum atomic E-state index is 11.4. The number of nitrogens with two attached hydrogens (primary N) is 1. The molecule has 0 fully saturated rings. The lowest BCUT2D eigenvalue weighted by Crippen LogP contribution is -2.41. The summed E-state index contributed by atoms with van der Waals surface area (Å²) in [5, 5.41) is 2.95. The number of nitrogens with zero attached hydrogens (tertiary/aromatic N) is 2. The average molecular weight is 287 g/mol. The Bertz CT molecular complexity index is 417. The normalized spacial score (nSPS) is 12.9.